The van der Waals surface area contributed by atoms with Crippen molar-refractivity contribution in [3.8, 4) is 0 Å². The maximum Gasteiger partial charge on any atom is 0.259 e. The summed E-state index contributed by atoms with van der Waals surface area (Å²) in [7, 11) is 0. The van der Waals surface area contributed by atoms with Crippen LogP contribution in [0.3, 0.4) is 0 Å². The number of amides is 1. The number of hydrogen-bond acceptors (Lipinski definition) is 3. The van der Waals surface area contributed by atoms with Crippen molar-refractivity contribution in [1.82, 2.24) is 4.98 Å². The number of nitrogens with two attached hydrogens (primary N) is 1. The molecule has 0 radical (unpaired) electrons. The molecule has 2 rings (SSSR count). The number of hydrogen-bond donors (Lipinski definition) is 2. The Morgan fingerprint density at radius 1 is 1.32 bits per heavy atom. The second kappa shape index (κ2) is 5.66. The lowest BCUT2D eigenvalue weighted by molar-refractivity contribution is 0.102. The lowest BCUT2D eigenvalue weighted by atomic mass is 10.2. The monoisotopic (exact) mass is 387 g/mol. The summed E-state index contributed by atoms with van der Waals surface area (Å²) in [5.74, 6) is -0.914. The van der Waals surface area contributed by atoms with E-state index in [4.69, 9.17) is 5.73 Å². The van der Waals surface area contributed by atoms with Crippen LogP contribution in [0.25, 0.3) is 0 Å². The second-order valence-electron chi connectivity index (χ2n) is 3.68. The largest absolute Gasteiger partial charge is 0.397 e. The maximum absolute atomic E-state index is 13.6. The molecule has 0 aliphatic rings. The van der Waals surface area contributed by atoms with Gasteiger partial charge in [0.25, 0.3) is 5.91 Å². The number of rotatable bonds is 2. The van der Waals surface area contributed by atoms with Crippen LogP contribution in [-0.4, -0.2) is 10.9 Å². The molecular formula is C12H8Br2FN3O. The molecule has 1 heterocycles. The van der Waals surface area contributed by atoms with E-state index in [2.05, 4.69) is 42.2 Å². The molecule has 0 spiro atoms. The first kappa shape index (κ1) is 14.0. The fourth-order valence-electron chi connectivity index (χ4n) is 1.39. The summed E-state index contributed by atoms with van der Waals surface area (Å²) in [6.45, 7) is 0. The van der Waals surface area contributed by atoms with Gasteiger partial charge in [-0.2, -0.15) is 0 Å². The topological polar surface area (TPSA) is 68.0 Å². The highest BCUT2D eigenvalue weighted by Gasteiger charge is 2.14. The summed E-state index contributed by atoms with van der Waals surface area (Å²) in [5, 5.41) is 2.51. The van der Waals surface area contributed by atoms with E-state index < -0.39 is 11.7 Å². The molecule has 4 nitrogen and oxygen atoms in total. The number of pyridine rings is 1. The van der Waals surface area contributed by atoms with Gasteiger partial charge in [-0.15, -0.1) is 0 Å². The molecule has 1 aromatic carbocycles. The summed E-state index contributed by atoms with van der Waals surface area (Å²) in [5.41, 5.74) is 5.93. The number of anilines is 2. The molecule has 2 aromatic rings. The van der Waals surface area contributed by atoms with Crippen molar-refractivity contribution in [2.45, 2.75) is 0 Å². The first-order valence-electron chi connectivity index (χ1n) is 5.15. The number of halogens is 3. The van der Waals surface area contributed by atoms with Crippen LogP contribution in [0.1, 0.15) is 10.4 Å². The minimum absolute atomic E-state index is 0.0695. The van der Waals surface area contributed by atoms with Crippen molar-refractivity contribution in [3.63, 3.8) is 0 Å². The van der Waals surface area contributed by atoms with Gasteiger partial charge in [0.05, 0.1) is 21.9 Å². The Morgan fingerprint density at radius 2 is 2.05 bits per heavy atom. The molecule has 0 aliphatic heterocycles. The zero-order valence-electron chi connectivity index (χ0n) is 9.45. The standard InChI is InChI=1S/C12H8Br2FN3O/c13-6-1-2-10(15)8(3-6)12(19)18-11-9(14)4-7(16)5-17-11/h1-5H,16H2,(H,17,18,19). The first-order chi connectivity index (χ1) is 8.97. The van der Waals surface area contributed by atoms with Gasteiger partial charge in [0.2, 0.25) is 0 Å². The lowest BCUT2D eigenvalue weighted by Gasteiger charge is -2.08. The second-order valence-corrected chi connectivity index (χ2v) is 5.45. The van der Waals surface area contributed by atoms with Crippen molar-refractivity contribution >= 4 is 49.3 Å². The van der Waals surface area contributed by atoms with E-state index in [1.807, 2.05) is 0 Å². The Bertz CT molecular complexity index is 649. The fourth-order valence-corrected chi connectivity index (χ4v) is 2.22. The van der Waals surface area contributed by atoms with Gasteiger partial charge in [0.1, 0.15) is 11.6 Å². The molecule has 0 aliphatic carbocycles. The Balaban J connectivity index is 2.28. The van der Waals surface area contributed by atoms with Crippen LogP contribution < -0.4 is 11.1 Å². The van der Waals surface area contributed by atoms with E-state index in [9.17, 15) is 9.18 Å². The molecule has 98 valence electrons. The van der Waals surface area contributed by atoms with Gasteiger partial charge in [-0.3, -0.25) is 4.79 Å². The van der Waals surface area contributed by atoms with E-state index in [1.165, 1.54) is 24.4 Å². The number of nitrogens with zero attached hydrogens (tertiary/aromatic N) is 1. The van der Waals surface area contributed by atoms with Gasteiger partial charge >= 0.3 is 0 Å². The van der Waals surface area contributed by atoms with Gasteiger partial charge in [0.15, 0.2) is 0 Å². The average Bonchev–Trinajstić information content (AvgIpc) is 2.35. The molecule has 19 heavy (non-hydrogen) atoms. The molecule has 1 aromatic heterocycles. The summed E-state index contributed by atoms with van der Waals surface area (Å²) >= 11 is 6.41. The van der Waals surface area contributed by atoms with E-state index in [1.54, 1.807) is 6.07 Å². The molecule has 0 saturated heterocycles. The SMILES string of the molecule is Nc1cnc(NC(=O)c2cc(Br)ccc2F)c(Br)c1. The Morgan fingerprint density at radius 3 is 2.74 bits per heavy atom. The highest BCUT2D eigenvalue weighted by molar-refractivity contribution is 9.10. The molecule has 0 saturated carbocycles. The van der Waals surface area contributed by atoms with Crippen LogP contribution in [-0.2, 0) is 0 Å². The van der Waals surface area contributed by atoms with Gasteiger partial charge in [-0.25, -0.2) is 9.37 Å². The van der Waals surface area contributed by atoms with E-state index in [0.717, 1.165) is 0 Å². The summed E-state index contributed by atoms with van der Waals surface area (Å²) in [4.78, 5) is 15.9. The quantitative estimate of drug-likeness (QED) is 0.826. The van der Waals surface area contributed by atoms with Crippen molar-refractivity contribution in [1.29, 1.82) is 0 Å². The normalized spacial score (nSPS) is 10.3. The van der Waals surface area contributed by atoms with Crippen LogP contribution >= 0.6 is 31.9 Å². The highest BCUT2D eigenvalue weighted by atomic mass is 79.9. The van der Waals surface area contributed by atoms with E-state index in [-0.39, 0.29) is 11.4 Å². The van der Waals surface area contributed by atoms with Crippen LogP contribution in [0.2, 0.25) is 0 Å². The molecule has 0 atom stereocenters. The number of benzene rings is 1. The molecule has 0 unspecified atom stereocenters. The summed E-state index contributed by atoms with van der Waals surface area (Å²) in [6, 6.07) is 5.73. The van der Waals surface area contributed by atoms with Crippen molar-refractivity contribution in [3.05, 3.63) is 50.8 Å². The number of carbonyl (C=O) groups excluding carboxylic acids is 1. The van der Waals surface area contributed by atoms with Gasteiger partial charge in [0, 0.05) is 4.47 Å². The number of nitrogen functional groups attached to an aromatic ring is 1. The number of nitrogens with one attached hydrogen (secondary N) is 1. The van der Waals surface area contributed by atoms with Crippen LogP contribution in [0, 0.1) is 5.82 Å². The van der Waals surface area contributed by atoms with Crippen molar-refractivity contribution in [2.24, 2.45) is 0 Å². The van der Waals surface area contributed by atoms with Gasteiger partial charge in [-0.05, 0) is 40.2 Å². The minimum Gasteiger partial charge on any atom is -0.397 e. The predicted octanol–water partition coefficient (Wildman–Crippen LogP) is 3.58. The first-order valence-corrected chi connectivity index (χ1v) is 6.73. The molecule has 7 heteroatoms. The fraction of sp³-hybridized carbons (Fsp3) is 0. The van der Waals surface area contributed by atoms with Crippen molar-refractivity contribution in [2.75, 3.05) is 11.1 Å². The summed E-state index contributed by atoms with van der Waals surface area (Å²) in [6.07, 6.45) is 1.40. The van der Waals surface area contributed by atoms with Crippen LogP contribution in [0.4, 0.5) is 15.9 Å². The molecule has 0 fully saturated rings. The van der Waals surface area contributed by atoms with Gasteiger partial charge < -0.3 is 11.1 Å². The average molecular weight is 389 g/mol. The minimum atomic E-state index is -0.604. The van der Waals surface area contributed by atoms with E-state index in [0.29, 0.717) is 14.6 Å². The third-order valence-corrected chi connectivity index (χ3v) is 3.37. The Hall–Kier alpha value is -1.47. The lowest BCUT2D eigenvalue weighted by Crippen LogP contribution is -2.15. The molecule has 3 N–H and O–H groups in total. The zero-order chi connectivity index (χ0) is 14.0. The Labute approximate surface area is 125 Å². The number of carbonyl (C=O) groups is 1. The summed E-state index contributed by atoms with van der Waals surface area (Å²) < 4.78 is 14.7. The molecule has 1 amide bonds. The molecule has 0 bridgehead atoms. The maximum atomic E-state index is 13.6. The van der Waals surface area contributed by atoms with Gasteiger partial charge in [-0.1, -0.05) is 15.9 Å². The smallest absolute Gasteiger partial charge is 0.259 e. The van der Waals surface area contributed by atoms with Crippen LogP contribution in [0.5, 0.6) is 0 Å². The van der Waals surface area contributed by atoms with E-state index >= 15 is 0 Å². The third kappa shape index (κ3) is 3.30. The third-order valence-electron chi connectivity index (χ3n) is 2.27. The highest BCUT2D eigenvalue weighted by Crippen LogP contribution is 2.23. The predicted molar refractivity (Wildman–Crippen MR) is 78.4 cm³/mol. The molecular weight excluding hydrogens is 381 g/mol. The van der Waals surface area contributed by atoms with Crippen molar-refractivity contribution < 1.29 is 9.18 Å². The Kier molecular flexibility index (Phi) is 4.16. The number of aromatic nitrogens is 1. The van der Waals surface area contributed by atoms with Crippen LogP contribution in [0.15, 0.2) is 39.4 Å². The zero-order valence-corrected chi connectivity index (χ0v) is 12.6.